The molecule has 0 aromatic rings. The van der Waals surface area contributed by atoms with Crippen LogP contribution in [0.25, 0.3) is 0 Å². The van der Waals surface area contributed by atoms with Gasteiger partial charge in [-0.05, 0) is 97.7 Å². The van der Waals surface area contributed by atoms with Gasteiger partial charge in [0, 0.05) is 5.92 Å². The van der Waals surface area contributed by atoms with E-state index in [0.29, 0.717) is 28.6 Å². The zero-order chi connectivity index (χ0) is 28.6. The second-order valence-corrected chi connectivity index (χ2v) is 16.3. The number of rotatable bonds is 2. The maximum Gasteiger partial charge on any atom is 0.307 e. The van der Waals surface area contributed by atoms with Crippen molar-refractivity contribution in [1.29, 1.82) is 0 Å². The highest BCUT2D eigenvalue weighted by Gasteiger charge is 2.67. The van der Waals surface area contributed by atoms with Gasteiger partial charge in [-0.2, -0.15) is 0 Å². The van der Waals surface area contributed by atoms with Crippen molar-refractivity contribution < 1.29 is 19.4 Å². The third-order valence-corrected chi connectivity index (χ3v) is 14.3. The molecule has 4 nitrogen and oxygen atoms in total. The molecule has 1 saturated heterocycles. The van der Waals surface area contributed by atoms with Gasteiger partial charge in [0.2, 0.25) is 0 Å². The second-order valence-electron chi connectivity index (χ2n) is 16.3. The lowest BCUT2D eigenvalue weighted by atomic mass is 9.38. The largest absolute Gasteiger partial charge is 0.481 e. The summed E-state index contributed by atoms with van der Waals surface area (Å²) in [6.07, 6.45) is 12.9. The molecule has 0 bridgehead atoms. The van der Waals surface area contributed by atoms with E-state index in [2.05, 4.69) is 69.2 Å². The van der Waals surface area contributed by atoms with Gasteiger partial charge in [-0.25, -0.2) is 0 Å². The van der Waals surface area contributed by atoms with Gasteiger partial charge in [0.05, 0.1) is 12.8 Å². The quantitative estimate of drug-likeness (QED) is 0.287. The van der Waals surface area contributed by atoms with Crippen LogP contribution in [0.3, 0.4) is 0 Å². The Labute approximate surface area is 232 Å². The minimum absolute atomic E-state index is 0.0290. The van der Waals surface area contributed by atoms with Gasteiger partial charge in [0.15, 0.2) is 0 Å². The van der Waals surface area contributed by atoms with Crippen LogP contribution in [0.4, 0.5) is 0 Å². The third-order valence-electron chi connectivity index (χ3n) is 14.3. The molecule has 38 heavy (non-hydrogen) atoms. The van der Waals surface area contributed by atoms with E-state index in [1.807, 2.05) is 0 Å². The summed E-state index contributed by atoms with van der Waals surface area (Å²) in [7, 11) is 0. The average molecular weight is 529 g/mol. The molecule has 1 aliphatic heterocycles. The van der Waals surface area contributed by atoms with Crippen molar-refractivity contribution in [2.75, 3.05) is 0 Å². The van der Waals surface area contributed by atoms with Crippen LogP contribution in [-0.2, 0) is 14.3 Å². The van der Waals surface area contributed by atoms with Gasteiger partial charge in [-0.1, -0.05) is 79.4 Å². The first kappa shape index (κ1) is 29.7. The van der Waals surface area contributed by atoms with Gasteiger partial charge < -0.3 is 9.84 Å². The molecule has 6 atom stereocenters. The van der Waals surface area contributed by atoms with Crippen molar-refractivity contribution in [2.24, 2.45) is 38.4 Å². The van der Waals surface area contributed by atoms with E-state index >= 15 is 0 Å². The molecule has 0 radical (unpaired) electrons. The molecule has 1 N–H and O–H groups in total. The number of ether oxygens (including phenoxy) is 1. The number of carbonyl (C=O) groups excluding carboxylic acids is 1. The number of hydrogen-bond donors (Lipinski definition) is 1. The van der Waals surface area contributed by atoms with Crippen LogP contribution in [0.15, 0.2) is 11.1 Å². The zero-order valence-electron chi connectivity index (χ0n) is 26.2. The molecule has 3 saturated carbocycles. The molecule has 4 fully saturated rings. The summed E-state index contributed by atoms with van der Waals surface area (Å²) in [5.74, 6) is -0.240. The Morgan fingerprint density at radius 3 is 2.00 bits per heavy atom. The van der Waals surface area contributed by atoms with E-state index in [4.69, 9.17) is 4.74 Å². The molecule has 0 spiro atoms. The smallest absolute Gasteiger partial charge is 0.307 e. The lowest BCUT2D eigenvalue weighted by molar-refractivity contribution is -0.201. The van der Waals surface area contributed by atoms with E-state index in [0.717, 1.165) is 19.3 Å². The topological polar surface area (TPSA) is 63.6 Å². The van der Waals surface area contributed by atoms with Crippen molar-refractivity contribution in [3.8, 4) is 0 Å². The van der Waals surface area contributed by atoms with Crippen LogP contribution in [0.1, 0.15) is 146 Å². The molecule has 0 aromatic heterocycles. The van der Waals surface area contributed by atoms with Crippen LogP contribution in [0.5, 0.6) is 0 Å². The number of carbonyl (C=O) groups is 2. The highest BCUT2D eigenvalue weighted by Crippen LogP contribution is 2.71. The molecule has 5 rings (SSSR count). The molecule has 4 heteroatoms. The number of carboxylic acids is 1. The fourth-order valence-electron chi connectivity index (χ4n) is 10.6. The van der Waals surface area contributed by atoms with Gasteiger partial charge in [0.1, 0.15) is 5.60 Å². The minimum atomic E-state index is -0.678. The summed E-state index contributed by atoms with van der Waals surface area (Å²) < 4.78 is 5.74. The van der Waals surface area contributed by atoms with Gasteiger partial charge in [-0.15, -0.1) is 0 Å². The maximum atomic E-state index is 11.9. The predicted octanol–water partition coefficient (Wildman–Crippen LogP) is 9.12. The Balaban J connectivity index is 0.000000177. The summed E-state index contributed by atoms with van der Waals surface area (Å²) in [4.78, 5) is 23.1. The summed E-state index contributed by atoms with van der Waals surface area (Å²) in [5, 5.41) is 9.27. The lowest BCUT2D eigenvalue weighted by Crippen LogP contribution is -2.61. The highest BCUT2D eigenvalue weighted by atomic mass is 16.6. The zero-order valence-corrected chi connectivity index (χ0v) is 26.2. The van der Waals surface area contributed by atoms with Gasteiger partial charge >= 0.3 is 11.9 Å². The van der Waals surface area contributed by atoms with Crippen molar-refractivity contribution in [2.45, 2.75) is 152 Å². The minimum Gasteiger partial charge on any atom is -0.481 e. The Morgan fingerprint density at radius 2 is 1.39 bits per heavy atom. The summed E-state index contributed by atoms with van der Waals surface area (Å²) in [6, 6.07) is 0. The first-order valence-corrected chi connectivity index (χ1v) is 15.4. The molecule has 2 unspecified atom stereocenters. The van der Waals surface area contributed by atoms with Crippen molar-refractivity contribution in [3.05, 3.63) is 11.1 Å². The monoisotopic (exact) mass is 528 g/mol. The molecular formula is C34H56O4. The van der Waals surface area contributed by atoms with E-state index in [1.54, 1.807) is 0 Å². The Morgan fingerprint density at radius 1 is 0.816 bits per heavy atom. The number of esters is 1. The molecule has 0 aromatic carbocycles. The average Bonchev–Trinajstić information content (AvgIpc) is 3.11. The number of hydrogen-bond acceptors (Lipinski definition) is 3. The second kappa shape index (κ2) is 9.10. The number of aliphatic carboxylic acids is 1. The third kappa shape index (κ3) is 4.04. The van der Waals surface area contributed by atoms with Crippen LogP contribution in [-0.4, -0.2) is 22.6 Å². The normalized spacial score (nSPS) is 45.1. The molecule has 1 heterocycles. The SMILES string of the molecule is CC1(C)CCC[C@]2(C)[C@H]3CC(=O)O[C@]3(C)CCC12C.CC1=C(CC(=O)O)[C@@]2(C)CCCC(C)(C)C2(C)CC1. The molecule has 216 valence electrons. The van der Waals surface area contributed by atoms with Crippen LogP contribution >= 0.6 is 0 Å². The highest BCUT2D eigenvalue weighted by molar-refractivity contribution is 5.73. The van der Waals surface area contributed by atoms with E-state index in [9.17, 15) is 14.7 Å². The standard InChI is InChI=1S/2C17H28O2/c1-14(2)7-6-8-15(3)12-11-13(18)19-16(12,4)9-10-17(14,15)5;1-12-7-10-17(5)15(2,3)8-6-9-16(17,4)13(12)11-14(18)19/h12H,6-11H2,1-5H3;6-11H2,1-5H3,(H,18,19)/t12-,15-,16-,17?;16-,17?/m11/s1. The number of carboxylic acid groups (broad SMARTS) is 1. The summed E-state index contributed by atoms with van der Waals surface area (Å²) in [5.41, 5.74) is 3.89. The number of fused-ring (bicyclic) bond motifs is 4. The first-order valence-electron chi connectivity index (χ1n) is 15.4. The molecule has 0 amide bonds. The van der Waals surface area contributed by atoms with Gasteiger partial charge in [-0.3, -0.25) is 9.59 Å². The Bertz CT molecular complexity index is 1020. The molecule has 5 aliphatic rings. The summed E-state index contributed by atoms with van der Waals surface area (Å²) >= 11 is 0. The first-order chi connectivity index (χ1) is 17.3. The molecule has 4 aliphatic carbocycles. The fourth-order valence-corrected chi connectivity index (χ4v) is 10.6. The lowest BCUT2D eigenvalue weighted by Gasteiger charge is -2.66. The van der Waals surface area contributed by atoms with E-state index < -0.39 is 5.97 Å². The van der Waals surface area contributed by atoms with E-state index in [1.165, 1.54) is 56.1 Å². The summed E-state index contributed by atoms with van der Waals surface area (Å²) in [6.45, 7) is 23.6. The number of allylic oxidation sites excluding steroid dienone is 1. The van der Waals surface area contributed by atoms with Crippen molar-refractivity contribution in [3.63, 3.8) is 0 Å². The van der Waals surface area contributed by atoms with E-state index in [-0.39, 0.29) is 34.2 Å². The van der Waals surface area contributed by atoms with Crippen LogP contribution < -0.4 is 0 Å². The van der Waals surface area contributed by atoms with Crippen molar-refractivity contribution in [1.82, 2.24) is 0 Å². The predicted molar refractivity (Wildman–Crippen MR) is 154 cm³/mol. The maximum absolute atomic E-state index is 11.9. The van der Waals surface area contributed by atoms with Crippen molar-refractivity contribution >= 4 is 11.9 Å². The Kier molecular flexibility index (Phi) is 7.10. The van der Waals surface area contributed by atoms with Crippen LogP contribution in [0, 0.1) is 38.4 Å². The molecular weight excluding hydrogens is 472 g/mol. The Hall–Kier alpha value is -1.32. The fraction of sp³-hybridized carbons (Fsp3) is 0.882. The van der Waals surface area contributed by atoms with Gasteiger partial charge in [0.25, 0.3) is 0 Å². The van der Waals surface area contributed by atoms with Crippen LogP contribution in [0.2, 0.25) is 0 Å².